The molecule has 1 aromatic rings. The third-order valence-corrected chi connectivity index (χ3v) is 7.47. The number of hydrogen-bond donors (Lipinski definition) is 2. The molecule has 0 amide bonds. The molecule has 13 heteroatoms. The lowest BCUT2D eigenvalue weighted by Crippen LogP contribution is -2.55. The van der Waals surface area contributed by atoms with E-state index >= 15 is 0 Å². The molecule has 0 aromatic heterocycles. The first-order chi connectivity index (χ1) is 18.3. The summed E-state index contributed by atoms with van der Waals surface area (Å²) in [6, 6.07) is 5.06. The molecule has 0 bridgehead atoms. The van der Waals surface area contributed by atoms with Crippen LogP contribution in [-0.2, 0) is 51.2 Å². The van der Waals surface area contributed by atoms with E-state index in [1.54, 1.807) is 11.0 Å². The number of nitrogens with one attached hydrogen (secondary N) is 1. The molecule has 214 valence electrons. The second kappa shape index (κ2) is 17.4. The van der Waals surface area contributed by atoms with Gasteiger partial charge in [-0.1, -0.05) is 25.0 Å². The van der Waals surface area contributed by atoms with Crippen LogP contribution in [0.1, 0.15) is 43.2 Å². The maximum Gasteiger partial charge on any atom is 0.555 e. The predicted octanol–water partition coefficient (Wildman–Crippen LogP) is 2.51. The van der Waals surface area contributed by atoms with E-state index in [-0.39, 0.29) is 43.8 Å². The van der Waals surface area contributed by atoms with Crippen LogP contribution in [0.15, 0.2) is 18.2 Å². The molecule has 3 unspecified atom stereocenters. The van der Waals surface area contributed by atoms with Crippen molar-refractivity contribution in [2.24, 2.45) is 0 Å². The molecule has 12 nitrogen and oxygen atoms in total. The van der Waals surface area contributed by atoms with Crippen molar-refractivity contribution in [2.45, 2.75) is 57.2 Å². The van der Waals surface area contributed by atoms with Gasteiger partial charge in [-0.25, -0.2) is 4.79 Å². The maximum atomic E-state index is 12.7. The van der Waals surface area contributed by atoms with Gasteiger partial charge in [-0.3, -0.25) is 19.5 Å². The molecule has 1 aliphatic carbocycles. The number of esters is 1. The number of methoxy groups -OCH3 is 1. The van der Waals surface area contributed by atoms with Crippen LogP contribution in [-0.4, -0.2) is 93.2 Å². The van der Waals surface area contributed by atoms with E-state index in [0.717, 1.165) is 44.2 Å². The number of carbonyl (C=O) groups is 2. The van der Waals surface area contributed by atoms with Crippen LogP contribution in [0.25, 0.3) is 0 Å². The largest absolute Gasteiger partial charge is 0.555 e. The Bertz CT molecular complexity index is 905. The number of carbonyl (C=O) groups excluding carboxylic acids is 2. The number of phenolic OH excluding ortho intramolecular Hbond substituents is 1. The van der Waals surface area contributed by atoms with Crippen LogP contribution in [0.2, 0.25) is 0 Å². The first-order valence-corrected chi connectivity index (χ1v) is 14.1. The van der Waals surface area contributed by atoms with E-state index in [9.17, 15) is 19.3 Å². The zero-order valence-electron chi connectivity index (χ0n) is 22.7. The van der Waals surface area contributed by atoms with Crippen molar-refractivity contribution in [3.8, 4) is 5.75 Å². The number of aromatic hydroxyl groups is 1. The lowest BCUT2D eigenvalue weighted by atomic mass is 9.87. The summed E-state index contributed by atoms with van der Waals surface area (Å²) in [5, 5.41) is 13.8. The normalized spacial score (nSPS) is 18.0. The van der Waals surface area contributed by atoms with Gasteiger partial charge in [0.05, 0.1) is 27.9 Å². The summed E-state index contributed by atoms with van der Waals surface area (Å²) in [5.74, 6) is -1.00. The molecule has 38 heavy (non-hydrogen) atoms. The summed E-state index contributed by atoms with van der Waals surface area (Å²) >= 11 is 0. The molecule has 0 heterocycles. The Morgan fingerprint density at radius 2 is 1.74 bits per heavy atom. The van der Waals surface area contributed by atoms with Gasteiger partial charge in [0.25, 0.3) is 0 Å². The minimum absolute atomic E-state index is 0.0301. The quantitative estimate of drug-likeness (QED) is 0.0956. The smallest absolute Gasteiger partial charge is 0.508 e. The fourth-order valence-electron chi connectivity index (χ4n) is 4.89. The lowest BCUT2D eigenvalue weighted by Gasteiger charge is -2.43. The Hall–Kier alpha value is -2.18. The van der Waals surface area contributed by atoms with Crippen LogP contribution in [0.3, 0.4) is 0 Å². The third-order valence-electron chi connectivity index (χ3n) is 6.56. The summed E-state index contributed by atoms with van der Waals surface area (Å²) in [7, 11) is 3.51. The van der Waals surface area contributed by atoms with E-state index in [0.29, 0.717) is 12.0 Å². The van der Waals surface area contributed by atoms with E-state index in [4.69, 9.17) is 9.41 Å². The van der Waals surface area contributed by atoms with Gasteiger partial charge >= 0.3 is 20.0 Å². The molecule has 0 radical (unpaired) electrons. The van der Waals surface area contributed by atoms with Crippen molar-refractivity contribution in [3.05, 3.63) is 29.3 Å². The highest BCUT2D eigenvalue weighted by molar-refractivity contribution is 7.38. The Kier molecular flexibility index (Phi) is 14.7. The zero-order valence-corrected chi connectivity index (χ0v) is 23.6. The summed E-state index contributed by atoms with van der Waals surface area (Å²) in [6.45, 7) is 0.847. The molecular weight excluding hydrogens is 517 g/mol. The fourth-order valence-corrected chi connectivity index (χ4v) is 5.71. The number of hydrogen-bond acceptors (Lipinski definition) is 12. The van der Waals surface area contributed by atoms with Crippen molar-refractivity contribution < 1.29 is 43.3 Å². The molecular formula is C25H41N3O9P+. The summed E-state index contributed by atoms with van der Waals surface area (Å²) < 4.78 is 22.5. The topological polar surface area (TPSA) is 136 Å². The number of nitrogens with zero attached hydrogens (tertiary/aromatic N) is 2. The highest BCUT2D eigenvalue weighted by atomic mass is 31.1. The van der Waals surface area contributed by atoms with E-state index in [2.05, 4.69) is 20.0 Å². The van der Waals surface area contributed by atoms with Gasteiger partial charge in [0.15, 0.2) is 0 Å². The average molecular weight is 559 g/mol. The highest BCUT2D eigenvalue weighted by Gasteiger charge is 2.40. The number of rotatable bonds is 17. The van der Waals surface area contributed by atoms with Gasteiger partial charge in [0, 0.05) is 28.9 Å². The molecule has 0 saturated heterocycles. The molecule has 1 fully saturated rings. The van der Waals surface area contributed by atoms with Crippen LogP contribution in [0.4, 0.5) is 0 Å². The Morgan fingerprint density at radius 3 is 2.37 bits per heavy atom. The average Bonchev–Trinajstić information content (AvgIpc) is 2.90. The van der Waals surface area contributed by atoms with E-state index in [1.807, 2.05) is 24.1 Å². The minimum atomic E-state index is -2.21. The predicted molar refractivity (Wildman–Crippen MR) is 139 cm³/mol. The SMILES string of the molecule is CNCCCc1ccc(O)c(CN(C[P+](=O)OOC)C2CCCCC2N(CC(=O)OC)CC(=O)OOC)c1. The first-order valence-electron chi connectivity index (χ1n) is 12.7. The van der Waals surface area contributed by atoms with Crippen LogP contribution in [0.5, 0.6) is 5.75 Å². The van der Waals surface area contributed by atoms with Crippen LogP contribution < -0.4 is 5.32 Å². The van der Waals surface area contributed by atoms with Gasteiger partial charge in [0.2, 0.25) is 6.29 Å². The monoisotopic (exact) mass is 558 g/mol. The molecule has 0 spiro atoms. The standard InChI is InChI=1S/C25H40N3O9P/c1-26-13-7-8-19-11-12-23(29)20(14-19)15-28(18-38(32)37-35-4)22-10-6-5-9-21(22)27(16-24(30)33-2)17-25(31)36-34-3/h11-12,14,21-22,26H,5-10,13,15-18H2,1-4H3/p+1. The molecule has 2 rings (SSSR count). The zero-order chi connectivity index (χ0) is 27.9. The van der Waals surface area contributed by atoms with Gasteiger partial charge in [0.1, 0.15) is 12.3 Å². The van der Waals surface area contributed by atoms with Crippen molar-refractivity contribution in [2.75, 3.05) is 54.3 Å². The molecule has 1 aromatic carbocycles. The van der Waals surface area contributed by atoms with E-state index in [1.165, 1.54) is 21.3 Å². The second-order valence-corrected chi connectivity index (χ2v) is 10.3. The van der Waals surface area contributed by atoms with Gasteiger partial charge in [-0.2, -0.15) is 9.78 Å². The van der Waals surface area contributed by atoms with Gasteiger partial charge < -0.3 is 15.2 Å². The Labute approximate surface area is 225 Å². The Morgan fingerprint density at radius 1 is 1.05 bits per heavy atom. The number of ether oxygens (including phenoxy) is 1. The van der Waals surface area contributed by atoms with Crippen LogP contribution in [0, 0.1) is 0 Å². The molecule has 3 atom stereocenters. The first kappa shape index (κ1) is 32.0. The van der Waals surface area contributed by atoms with Gasteiger partial charge in [-0.05, 0) is 55.5 Å². The molecule has 0 aliphatic heterocycles. The number of benzene rings is 1. The molecule has 1 saturated carbocycles. The lowest BCUT2D eigenvalue weighted by molar-refractivity contribution is -0.256. The maximum absolute atomic E-state index is 12.7. The second-order valence-electron chi connectivity index (χ2n) is 9.15. The fraction of sp³-hybridized carbons (Fsp3) is 0.680. The molecule has 1 aliphatic rings. The van der Waals surface area contributed by atoms with Crippen molar-refractivity contribution in [1.82, 2.24) is 15.1 Å². The third kappa shape index (κ3) is 10.5. The summed E-state index contributed by atoms with van der Waals surface area (Å²) in [4.78, 5) is 42.1. The van der Waals surface area contributed by atoms with Crippen molar-refractivity contribution in [3.63, 3.8) is 0 Å². The van der Waals surface area contributed by atoms with Gasteiger partial charge in [-0.15, -0.1) is 0 Å². The molecule has 2 N–H and O–H groups in total. The minimum Gasteiger partial charge on any atom is -0.508 e. The summed E-state index contributed by atoms with van der Waals surface area (Å²) in [5.41, 5.74) is 1.77. The Balaban J connectivity index is 2.38. The number of phenols is 1. The van der Waals surface area contributed by atoms with Crippen molar-refractivity contribution >= 4 is 20.0 Å². The van der Waals surface area contributed by atoms with Crippen molar-refractivity contribution in [1.29, 1.82) is 0 Å². The van der Waals surface area contributed by atoms with Crippen LogP contribution >= 0.6 is 8.03 Å². The number of aryl methyl sites for hydroxylation is 1. The van der Waals surface area contributed by atoms with E-state index < -0.39 is 20.0 Å². The summed E-state index contributed by atoms with van der Waals surface area (Å²) in [6.07, 6.45) is 5.03. The highest BCUT2D eigenvalue weighted by Crippen LogP contribution is 2.34.